The number of carbonyl (C=O) groups excluding carboxylic acids is 1. The van der Waals surface area contributed by atoms with Gasteiger partial charge in [0, 0.05) is 19.8 Å². The highest BCUT2D eigenvalue weighted by Gasteiger charge is 2.15. The fraction of sp³-hybridized carbons (Fsp3) is 0. The number of carbonyl (C=O) groups is 1. The molecule has 0 aliphatic carbocycles. The molecule has 0 bridgehead atoms. The number of hydrogen-bond acceptors (Lipinski definition) is 3. The molecule has 0 saturated heterocycles. The summed E-state index contributed by atoms with van der Waals surface area (Å²) in [6.45, 7) is 0. The molecule has 1 aliphatic heterocycles. The Kier molecular flexibility index (Phi) is 2.68. The molecule has 1 heterocycles. The molecule has 0 saturated carbocycles. The molecule has 2 nitrogen and oxygen atoms in total. The second-order valence-electron chi connectivity index (χ2n) is 3.74. The SMILES string of the molecule is O=Cc1ccc2c(c1)Sc1cc(Br)ccc1N2. The zero-order valence-electron chi connectivity index (χ0n) is 8.74. The normalized spacial score (nSPS) is 12.3. The molecule has 17 heavy (non-hydrogen) atoms. The van der Waals surface area contributed by atoms with E-state index in [-0.39, 0.29) is 0 Å². The number of nitrogens with one attached hydrogen (secondary N) is 1. The average Bonchev–Trinajstić information content (AvgIpc) is 2.35. The van der Waals surface area contributed by atoms with Crippen molar-refractivity contribution in [2.75, 3.05) is 5.32 Å². The van der Waals surface area contributed by atoms with Gasteiger partial charge in [0.05, 0.1) is 11.4 Å². The van der Waals surface area contributed by atoms with Crippen molar-refractivity contribution in [3.63, 3.8) is 0 Å². The Morgan fingerprint density at radius 1 is 1.06 bits per heavy atom. The van der Waals surface area contributed by atoms with Gasteiger partial charge in [0.25, 0.3) is 0 Å². The summed E-state index contributed by atoms with van der Waals surface area (Å²) >= 11 is 5.14. The van der Waals surface area contributed by atoms with E-state index in [0.29, 0.717) is 5.56 Å². The predicted octanol–water partition coefficient (Wildman–Crippen LogP) is 4.47. The first-order chi connectivity index (χ1) is 8.26. The number of benzene rings is 2. The van der Waals surface area contributed by atoms with Crippen LogP contribution in [0.1, 0.15) is 10.4 Å². The molecular formula is C13H8BrNOS. The summed E-state index contributed by atoms with van der Waals surface area (Å²) in [6.07, 6.45) is 0.872. The van der Waals surface area contributed by atoms with Crippen LogP contribution >= 0.6 is 27.7 Å². The molecular weight excluding hydrogens is 298 g/mol. The molecule has 0 radical (unpaired) electrons. The predicted molar refractivity (Wildman–Crippen MR) is 73.4 cm³/mol. The van der Waals surface area contributed by atoms with Crippen LogP contribution in [0.4, 0.5) is 11.4 Å². The summed E-state index contributed by atoms with van der Waals surface area (Å²) < 4.78 is 1.06. The number of aldehydes is 1. The molecule has 0 fully saturated rings. The average molecular weight is 306 g/mol. The molecule has 0 atom stereocenters. The number of halogens is 1. The highest BCUT2D eigenvalue weighted by atomic mass is 79.9. The molecule has 1 N–H and O–H groups in total. The van der Waals surface area contributed by atoms with E-state index < -0.39 is 0 Å². The Morgan fingerprint density at radius 3 is 2.53 bits per heavy atom. The Morgan fingerprint density at radius 2 is 1.76 bits per heavy atom. The second-order valence-corrected chi connectivity index (χ2v) is 5.74. The fourth-order valence-electron chi connectivity index (χ4n) is 1.75. The first-order valence-corrected chi connectivity index (χ1v) is 6.71. The molecule has 3 rings (SSSR count). The summed E-state index contributed by atoms with van der Waals surface area (Å²) in [5, 5.41) is 3.36. The lowest BCUT2D eigenvalue weighted by Gasteiger charge is -2.21. The van der Waals surface area contributed by atoms with Gasteiger partial charge in [-0.25, -0.2) is 0 Å². The topological polar surface area (TPSA) is 29.1 Å². The zero-order chi connectivity index (χ0) is 11.8. The van der Waals surface area contributed by atoms with Crippen molar-refractivity contribution in [3.05, 3.63) is 46.4 Å². The van der Waals surface area contributed by atoms with Crippen LogP contribution in [0.25, 0.3) is 0 Å². The van der Waals surface area contributed by atoms with E-state index in [1.165, 1.54) is 0 Å². The van der Waals surface area contributed by atoms with Crippen molar-refractivity contribution in [2.24, 2.45) is 0 Å². The van der Waals surface area contributed by atoms with Crippen LogP contribution in [-0.4, -0.2) is 6.29 Å². The standard InChI is InChI=1S/C13H8BrNOS/c14-9-2-4-11-13(6-9)17-12-5-8(7-16)1-3-10(12)15-11/h1-7,15H. The summed E-state index contributed by atoms with van der Waals surface area (Å²) in [6, 6.07) is 11.8. The van der Waals surface area contributed by atoms with Gasteiger partial charge in [-0.1, -0.05) is 27.7 Å². The van der Waals surface area contributed by atoms with E-state index in [1.807, 2.05) is 30.3 Å². The van der Waals surface area contributed by atoms with Crippen molar-refractivity contribution < 1.29 is 4.79 Å². The second kappa shape index (κ2) is 4.20. The lowest BCUT2D eigenvalue weighted by atomic mass is 10.2. The van der Waals surface area contributed by atoms with E-state index in [1.54, 1.807) is 11.8 Å². The number of anilines is 2. The highest BCUT2D eigenvalue weighted by Crippen LogP contribution is 2.45. The summed E-state index contributed by atoms with van der Waals surface area (Å²) in [5.41, 5.74) is 2.86. The smallest absolute Gasteiger partial charge is 0.150 e. The van der Waals surface area contributed by atoms with Crippen LogP contribution in [-0.2, 0) is 0 Å². The molecule has 0 spiro atoms. The zero-order valence-corrected chi connectivity index (χ0v) is 11.1. The molecule has 4 heteroatoms. The van der Waals surface area contributed by atoms with Crippen LogP contribution in [0.5, 0.6) is 0 Å². The van der Waals surface area contributed by atoms with Crippen LogP contribution in [0.15, 0.2) is 50.7 Å². The maximum absolute atomic E-state index is 10.8. The van der Waals surface area contributed by atoms with Gasteiger partial charge in [-0.2, -0.15) is 0 Å². The minimum absolute atomic E-state index is 0.705. The Bertz CT molecular complexity index is 612. The minimum atomic E-state index is 0.705. The fourth-order valence-corrected chi connectivity index (χ4v) is 3.34. The van der Waals surface area contributed by atoms with E-state index in [9.17, 15) is 4.79 Å². The first kappa shape index (κ1) is 10.9. The van der Waals surface area contributed by atoms with Crippen LogP contribution < -0.4 is 5.32 Å². The number of hydrogen-bond donors (Lipinski definition) is 1. The highest BCUT2D eigenvalue weighted by molar-refractivity contribution is 9.10. The van der Waals surface area contributed by atoms with Gasteiger partial charge in [-0.3, -0.25) is 4.79 Å². The summed E-state index contributed by atoms with van der Waals surface area (Å²) in [7, 11) is 0. The van der Waals surface area contributed by atoms with Gasteiger partial charge in [-0.15, -0.1) is 0 Å². The third-order valence-electron chi connectivity index (χ3n) is 2.57. The molecule has 1 aliphatic rings. The quantitative estimate of drug-likeness (QED) is 0.673. The Hall–Kier alpha value is -1.26. The molecule has 0 amide bonds. The maximum atomic E-state index is 10.8. The third-order valence-corrected chi connectivity index (χ3v) is 4.18. The van der Waals surface area contributed by atoms with Crippen molar-refractivity contribution >= 4 is 45.4 Å². The Balaban J connectivity index is 2.07. The van der Waals surface area contributed by atoms with Crippen LogP contribution in [0.3, 0.4) is 0 Å². The number of fused-ring (bicyclic) bond motifs is 2. The summed E-state index contributed by atoms with van der Waals surface area (Å²) in [4.78, 5) is 13.0. The van der Waals surface area contributed by atoms with Gasteiger partial charge in [0.1, 0.15) is 6.29 Å². The van der Waals surface area contributed by atoms with Crippen molar-refractivity contribution in [1.82, 2.24) is 0 Å². The monoisotopic (exact) mass is 305 g/mol. The lowest BCUT2D eigenvalue weighted by Crippen LogP contribution is -2.00. The van der Waals surface area contributed by atoms with Crippen molar-refractivity contribution in [2.45, 2.75) is 9.79 Å². The van der Waals surface area contributed by atoms with Gasteiger partial charge < -0.3 is 5.32 Å². The van der Waals surface area contributed by atoms with Gasteiger partial charge in [-0.05, 0) is 36.4 Å². The largest absolute Gasteiger partial charge is 0.354 e. The van der Waals surface area contributed by atoms with E-state index in [0.717, 1.165) is 31.9 Å². The maximum Gasteiger partial charge on any atom is 0.150 e. The van der Waals surface area contributed by atoms with E-state index in [2.05, 4.69) is 27.3 Å². The molecule has 2 aromatic carbocycles. The van der Waals surface area contributed by atoms with E-state index >= 15 is 0 Å². The molecule has 0 unspecified atom stereocenters. The van der Waals surface area contributed by atoms with Crippen molar-refractivity contribution in [1.29, 1.82) is 0 Å². The molecule has 0 aromatic heterocycles. The first-order valence-electron chi connectivity index (χ1n) is 5.10. The Labute approximate surface area is 112 Å². The molecule has 2 aromatic rings. The molecule has 84 valence electrons. The van der Waals surface area contributed by atoms with Crippen LogP contribution in [0.2, 0.25) is 0 Å². The van der Waals surface area contributed by atoms with Gasteiger partial charge in [0.2, 0.25) is 0 Å². The minimum Gasteiger partial charge on any atom is -0.354 e. The van der Waals surface area contributed by atoms with Crippen LogP contribution in [0, 0.1) is 0 Å². The lowest BCUT2D eigenvalue weighted by molar-refractivity contribution is 0.112. The van der Waals surface area contributed by atoms with E-state index in [4.69, 9.17) is 0 Å². The third kappa shape index (κ3) is 1.98. The van der Waals surface area contributed by atoms with Gasteiger partial charge in [0.15, 0.2) is 0 Å². The van der Waals surface area contributed by atoms with Gasteiger partial charge >= 0.3 is 0 Å². The number of rotatable bonds is 1. The van der Waals surface area contributed by atoms with Crippen molar-refractivity contribution in [3.8, 4) is 0 Å². The summed E-state index contributed by atoms with van der Waals surface area (Å²) in [5.74, 6) is 0.